The highest BCUT2D eigenvalue weighted by Gasteiger charge is 2.16. The van der Waals surface area contributed by atoms with Gasteiger partial charge >= 0.3 is 0 Å². The summed E-state index contributed by atoms with van der Waals surface area (Å²) in [5, 5.41) is 3.38. The van der Waals surface area contributed by atoms with Crippen LogP contribution in [-0.2, 0) is 0 Å². The number of guanidine groups is 1. The second-order valence-electron chi connectivity index (χ2n) is 4.83. The molecule has 0 bridgehead atoms. The molecule has 4 nitrogen and oxygen atoms in total. The minimum Gasteiger partial charge on any atom is -0.342 e. The second-order valence-corrected chi connectivity index (χ2v) is 4.83. The molecule has 1 aliphatic rings. The van der Waals surface area contributed by atoms with Gasteiger partial charge in [0.2, 0.25) is 5.96 Å². The molecule has 1 fully saturated rings. The van der Waals surface area contributed by atoms with E-state index in [0.29, 0.717) is 0 Å². The van der Waals surface area contributed by atoms with Crippen molar-refractivity contribution in [3.63, 3.8) is 0 Å². The van der Waals surface area contributed by atoms with Crippen LogP contribution in [0.15, 0.2) is 59.9 Å². The summed E-state index contributed by atoms with van der Waals surface area (Å²) in [6, 6.07) is 14.0. The van der Waals surface area contributed by atoms with Gasteiger partial charge < -0.3 is 10.2 Å². The maximum atomic E-state index is 4.74. The van der Waals surface area contributed by atoms with Crippen LogP contribution in [0.25, 0.3) is 0 Å². The molecule has 20 heavy (non-hydrogen) atoms. The zero-order valence-corrected chi connectivity index (χ0v) is 11.4. The molecule has 1 aliphatic heterocycles. The molecule has 4 heteroatoms. The number of hydrogen-bond donors (Lipinski definition) is 1. The summed E-state index contributed by atoms with van der Waals surface area (Å²) in [6.45, 7) is 2.11. The Hall–Kier alpha value is -2.36. The quantitative estimate of drug-likeness (QED) is 0.670. The first kappa shape index (κ1) is 12.7. The second kappa shape index (κ2) is 6.19. The molecule has 1 aromatic carbocycles. The number of aliphatic imine (C=N–C) groups is 1. The third-order valence-corrected chi connectivity index (χ3v) is 3.31. The van der Waals surface area contributed by atoms with Gasteiger partial charge in [0.15, 0.2) is 0 Å². The normalized spacial score (nSPS) is 15.4. The first-order chi connectivity index (χ1) is 9.92. The summed E-state index contributed by atoms with van der Waals surface area (Å²) in [6.07, 6.45) is 6.04. The van der Waals surface area contributed by atoms with Gasteiger partial charge in [-0.1, -0.05) is 18.2 Å². The predicted molar refractivity (Wildman–Crippen MR) is 82.2 cm³/mol. The molecular weight excluding hydrogens is 248 g/mol. The molecule has 0 spiro atoms. The van der Waals surface area contributed by atoms with Crippen LogP contribution in [0.1, 0.15) is 12.8 Å². The maximum Gasteiger partial charge on any atom is 0.203 e. The zero-order chi connectivity index (χ0) is 13.6. The lowest BCUT2D eigenvalue weighted by Crippen LogP contribution is -2.33. The highest BCUT2D eigenvalue weighted by Crippen LogP contribution is 2.16. The summed E-state index contributed by atoms with van der Waals surface area (Å²) >= 11 is 0. The van der Waals surface area contributed by atoms with Crippen molar-refractivity contribution in [3.8, 4) is 0 Å². The summed E-state index contributed by atoms with van der Waals surface area (Å²) in [5.41, 5.74) is 1.93. The predicted octanol–water partition coefficient (Wildman–Crippen LogP) is 3.28. The Morgan fingerprint density at radius 3 is 2.55 bits per heavy atom. The Morgan fingerprint density at radius 2 is 1.85 bits per heavy atom. The standard InChI is InChI=1S/C16H18N4/c1-2-7-14(8-3-1)18-16(20-11-4-5-12-20)19-15-9-6-10-17-13-15/h1-3,6-10,13H,4-5,11-12H2,(H,18,19). The fourth-order valence-corrected chi connectivity index (χ4v) is 2.30. The van der Waals surface area contributed by atoms with E-state index in [1.807, 2.05) is 48.7 Å². The molecule has 102 valence electrons. The summed E-state index contributed by atoms with van der Waals surface area (Å²) in [5.74, 6) is 0.904. The largest absolute Gasteiger partial charge is 0.342 e. The van der Waals surface area contributed by atoms with E-state index < -0.39 is 0 Å². The van der Waals surface area contributed by atoms with Crippen molar-refractivity contribution in [2.24, 2.45) is 4.99 Å². The van der Waals surface area contributed by atoms with Crippen molar-refractivity contribution in [2.75, 3.05) is 18.4 Å². The van der Waals surface area contributed by atoms with Gasteiger partial charge in [-0.15, -0.1) is 0 Å². The Kier molecular flexibility index (Phi) is 3.92. The van der Waals surface area contributed by atoms with Crippen LogP contribution < -0.4 is 5.32 Å². The number of hydrogen-bond acceptors (Lipinski definition) is 2. The smallest absolute Gasteiger partial charge is 0.203 e. The molecule has 0 atom stereocenters. The van der Waals surface area contributed by atoms with Gasteiger partial charge in [-0.05, 0) is 37.1 Å². The van der Waals surface area contributed by atoms with E-state index >= 15 is 0 Å². The van der Waals surface area contributed by atoms with Crippen LogP contribution >= 0.6 is 0 Å². The van der Waals surface area contributed by atoms with Crippen LogP contribution in [-0.4, -0.2) is 28.9 Å². The summed E-state index contributed by atoms with van der Waals surface area (Å²) in [4.78, 5) is 11.2. The number of likely N-dealkylation sites (tertiary alicyclic amines) is 1. The van der Waals surface area contributed by atoms with E-state index in [0.717, 1.165) is 30.4 Å². The van der Waals surface area contributed by atoms with Gasteiger partial charge in [-0.25, -0.2) is 4.99 Å². The van der Waals surface area contributed by atoms with Gasteiger partial charge in [0.1, 0.15) is 0 Å². The molecule has 0 unspecified atom stereocenters. The monoisotopic (exact) mass is 266 g/mol. The van der Waals surface area contributed by atoms with E-state index in [1.165, 1.54) is 12.8 Å². The molecule has 0 aliphatic carbocycles. The van der Waals surface area contributed by atoms with Gasteiger partial charge in [0.25, 0.3) is 0 Å². The molecule has 1 N–H and O–H groups in total. The van der Waals surface area contributed by atoms with Crippen LogP contribution in [0.2, 0.25) is 0 Å². The molecule has 2 heterocycles. The lowest BCUT2D eigenvalue weighted by molar-refractivity contribution is 0.518. The minimum atomic E-state index is 0.904. The number of nitrogens with zero attached hydrogens (tertiary/aromatic N) is 3. The lowest BCUT2D eigenvalue weighted by atomic mass is 10.3. The van der Waals surface area contributed by atoms with E-state index in [4.69, 9.17) is 4.99 Å². The molecular formula is C16H18N4. The Labute approximate surface area is 119 Å². The topological polar surface area (TPSA) is 40.5 Å². The number of anilines is 1. The molecule has 1 aromatic heterocycles. The average Bonchev–Trinajstić information content (AvgIpc) is 3.03. The summed E-state index contributed by atoms with van der Waals surface area (Å²) in [7, 11) is 0. The van der Waals surface area contributed by atoms with Gasteiger partial charge in [0.05, 0.1) is 17.6 Å². The van der Waals surface area contributed by atoms with Crippen LogP contribution in [0.5, 0.6) is 0 Å². The minimum absolute atomic E-state index is 0.904. The molecule has 0 saturated carbocycles. The fourth-order valence-electron chi connectivity index (χ4n) is 2.30. The summed E-state index contributed by atoms with van der Waals surface area (Å²) < 4.78 is 0. The van der Waals surface area contributed by atoms with E-state index in [2.05, 4.69) is 15.2 Å². The lowest BCUT2D eigenvalue weighted by Gasteiger charge is -2.21. The van der Waals surface area contributed by atoms with Crippen LogP contribution in [0, 0.1) is 0 Å². The van der Waals surface area contributed by atoms with Gasteiger partial charge in [0, 0.05) is 19.3 Å². The van der Waals surface area contributed by atoms with Crippen molar-refractivity contribution in [2.45, 2.75) is 12.8 Å². The fraction of sp³-hybridized carbons (Fsp3) is 0.250. The highest BCUT2D eigenvalue weighted by molar-refractivity contribution is 5.95. The molecule has 0 radical (unpaired) electrons. The zero-order valence-electron chi connectivity index (χ0n) is 11.4. The average molecular weight is 266 g/mol. The van der Waals surface area contributed by atoms with Crippen molar-refractivity contribution < 1.29 is 0 Å². The van der Waals surface area contributed by atoms with Crippen molar-refractivity contribution >= 4 is 17.3 Å². The van der Waals surface area contributed by atoms with Crippen LogP contribution in [0.3, 0.4) is 0 Å². The Morgan fingerprint density at radius 1 is 1.05 bits per heavy atom. The Balaban J connectivity index is 1.86. The maximum absolute atomic E-state index is 4.74. The number of nitrogens with one attached hydrogen (secondary N) is 1. The Bertz CT molecular complexity index is 560. The van der Waals surface area contributed by atoms with E-state index in [9.17, 15) is 0 Å². The third-order valence-electron chi connectivity index (χ3n) is 3.31. The number of rotatable bonds is 2. The van der Waals surface area contributed by atoms with E-state index in [1.54, 1.807) is 6.20 Å². The number of pyridine rings is 1. The first-order valence-corrected chi connectivity index (χ1v) is 6.97. The van der Waals surface area contributed by atoms with Crippen molar-refractivity contribution in [1.82, 2.24) is 9.88 Å². The van der Waals surface area contributed by atoms with Crippen LogP contribution in [0.4, 0.5) is 11.4 Å². The van der Waals surface area contributed by atoms with Crippen molar-refractivity contribution in [3.05, 3.63) is 54.9 Å². The number of para-hydroxylation sites is 1. The molecule has 0 amide bonds. The van der Waals surface area contributed by atoms with Gasteiger partial charge in [-0.3, -0.25) is 4.98 Å². The van der Waals surface area contributed by atoms with Gasteiger partial charge in [-0.2, -0.15) is 0 Å². The highest BCUT2D eigenvalue weighted by atomic mass is 15.3. The molecule has 2 aromatic rings. The van der Waals surface area contributed by atoms with Crippen molar-refractivity contribution in [1.29, 1.82) is 0 Å². The first-order valence-electron chi connectivity index (χ1n) is 6.97. The SMILES string of the molecule is c1ccc(N=C(Nc2cccnc2)N2CCCC2)cc1. The number of aromatic nitrogens is 1. The molecule has 1 saturated heterocycles. The third kappa shape index (κ3) is 3.15. The van der Waals surface area contributed by atoms with E-state index in [-0.39, 0.29) is 0 Å². The molecule has 3 rings (SSSR count). The number of benzene rings is 1.